The van der Waals surface area contributed by atoms with E-state index in [1.54, 1.807) is 18.2 Å². The zero-order valence-electron chi connectivity index (χ0n) is 7.61. The van der Waals surface area contributed by atoms with Crippen LogP contribution in [0.5, 0.6) is 0 Å². The van der Waals surface area contributed by atoms with Crippen LogP contribution in [0.2, 0.25) is 0 Å². The molecule has 82 valence electrons. The molecule has 0 aliphatic carbocycles. The van der Waals surface area contributed by atoms with Crippen LogP contribution in [0.4, 0.5) is 0 Å². The maximum absolute atomic E-state index is 10.6. The number of hydrogen-bond donors (Lipinski definition) is 1. The first-order chi connectivity index (χ1) is 6.96. The molecule has 6 heteroatoms. The van der Waals surface area contributed by atoms with E-state index in [0.717, 1.165) is 0 Å². The fourth-order valence-corrected chi connectivity index (χ4v) is 1.75. The molecule has 2 atom stereocenters. The van der Waals surface area contributed by atoms with E-state index in [0.29, 0.717) is 5.56 Å². The molecule has 0 aliphatic heterocycles. The molecular weight excluding hydrogens is 220 g/mol. The zero-order valence-corrected chi connectivity index (χ0v) is 8.42. The van der Waals surface area contributed by atoms with E-state index >= 15 is 0 Å². The van der Waals surface area contributed by atoms with Gasteiger partial charge in [0.05, 0.1) is 5.92 Å². The van der Waals surface area contributed by atoms with Gasteiger partial charge in [-0.1, -0.05) is 30.3 Å². The number of aliphatic hydroxyl groups excluding tert-OH is 1. The van der Waals surface area contributed by atoms with Crippen LogP contribution >= 0.6 is 0 Å². The first-order valence-corrected chi connectivity index (χ1v) is 5.57. The minimum Gasteiger partial charge on any atom is -0.746 e. The molecule has 0 radical (unpaired) electrons. The van der Waals surface area contributed by atoms with Crippen LogP contribution in [-0.4, -0.2) is 29.8 Å². The molecule has 0 aromatic heterocycles. The van der Waals surface area contributed by atoms with Gasteiger partial charge in [-0.3, -0.25) is 0 Å². The highest BCUT2D eigenvalue weighted by molar-refractivity contribution is 7.86. The van der Waals surface area contributed by atoms with Gasteiger partial charge in [-0.2, -0.15) is 0 Å². The summed E-state index contributed by atoms with van der Waals surface area (Å²) in [4.78, 5) is 10.6. The number of aliphatic hydroxyl groups is 1. The number of benzene rings is 1. The van der Waals surface area contributed by atoms with E-state index in [4.69, 9.17) is 5.11 Å². The van der Waals surface area contributed by atoms with Crippen LogP contribution in [0.15, 0.2) is 30.3 Å². The normalized spacial score (nSPS) is 15.6. The molecule has 0 aliphatic rings. The number of rotatable bonds is 4. The van der Waals surface area contributed by atoms with E-state index in [1.807, 2.05) is 0 Å². The average Bonchev–Trinajstić information content (AvgIpc) is 2.19. The summed E-state index contributed by atoms with van der Waals surface area (Å²) in [6, 6.07) is 7.76. The highest BCUT2D eigenvalue weighted by atomic mass is 32.2. The lowest BCUT2D eigenvalue weighted by Gasteiger charge is -2.20. The Bertz CT molecular complexity index is 425. The van der Waals surface area contributed by atoms with Gasteiger partial charge in [0, 0.05) is 0 Å². The fourth-order valence-electron chi connectivity index (χ4n) is 1.17. The summed E-state index contributed by atoms with van der Waals surface area (Å²) < 4.78 is 31.6. The lowest BCUT2D eigenvalue weighted by molar-refractivity contribution is -0.110. The molecule has 0 saturated carbocycles. The minimum absolute atomic E-state index is 0.245. The summed E-state index contributed by atoms with van der Waals surface area (Å²) >= 11 is 0. The molecule has 5 nitrogen and oxygen atoms in total. The Kier molecular flexibility index (Phi) is 3.57. The number of carbonyl (C=O) groups excluding carboxylic acids is 1. The summed E-state index contributed by atoms with van der Waals surface area (Å²) in [5.74, 6) is -1.34. The standard InChI is InChI=1S/C9H10O5S/c10-6-8(9(11)15(12,13)14)7-4-2-1-3-5-7/h1-6,8-9,11H,(H,12,13,14)/p-1. The summed E-state index contributed by atoms with van der Waals surface area (Å²) in [6.07, 6.45) is 0.245. The molecule has 1 rings (SSSR count). The molecule has 1 N–H and O–H groups in total. The second kappa shape index (κ2) is 4.52. The van der Waals surface area contributed by atoms with E-state index in [2.05, 4.69) is 0 Å². The van der Waals surface area contributed by atoms with Gasteiger partial charge in [0.25, 0.3) is 0 Å². The lowest BCUT2D eigenvalue weighted by Crippen LogP contribution is -2.28. The van der Waals surface area contributed by atoms with Crippen molar-refractivity contribution in [2.45, 2.75) is 11.4 Å². The van der Waals surface area contributed by atoms with Gasteiger partial charge in [-0.15, -0.1) is 0 Å². The predicted octanol–water partition coefficient (Wildman–Crippen LogP) is -0.167. The fraction of sp³-hybridized carbons (Fsp3) is 0.222. The molecule has 0 spiro atoms. The molecule has 1 aromatic carbocycles. The van der Waals surface area contributed by atoms with Gasteiger partial charge in [0.2, 0.25) is 0 Å². The largest absolute Gasteiger partial charge is 0.746 e. The first kappa shape index (κ1) is 11.8. The zero-order chi connectivity index (χ0) is 11.5. The van der Waals surface area contributed by atoms with Gasteiger partial charge in [-0.05, 0) is 5.56 Å². The van der Waals surface area contributed by atoms with E-state index < -0.39 is 21.5 Å². The average molecular weight is 229 g/mol. The highest BCUT2D eigenvalue weighted by Crippen LogP contribution is 2.20. The van der Waals surface area contributed by atoms with Crippen LogP contribution in [0.25, 0.3) is 0 Å². The van der Waals surface area contributed by atoms with Crippen LogP contribution in [-0.2, 0) is 14.9 Å². The van der Waals surface area contributed by atoms with Gasteiger partial charge in [0.15, 0.2) is 5.44 Å². The first-order valence-electron chi connectivity index (χ1n) is 4.10. The number of aldehydes is 1. The van der Waals surface area contributed by atoms with Crippen molar-refractivity contribution in [1.82, 2.24) is 0 Å². The van der Waals surface area contributed by atoms with E-state index in [9.17, 15) is 17.8 Å². The van der Waals surface area contributed by atoms with Crippen LogP contribution < -0.4 is 0 Å². The highest BCUT2D eigenvalue weighted by Gasteiger charge is 2.25. The van der Waals surface area contributed by atoms with Crippen molar-refractivity contribution in [2.75, 3.05) is 0 Å². The monoisotopic (exact) mass is 229 g/mol. The van der Waals surface area contributed by atoms with Crippen molar-refractivity contribution in [3.63, 3.8) is 0 Å². The summed E-state index contributed by atoms with van der Waals surface area (Å²) in [5, 5.41) is 9.17. The second-order valence-corrected chi connectivity index (χ2v) is 4.42. The van der Waals surface area contributed by atoms with Crippen molar-refractivity contribution in [2.24, 2.45) is 0 Å². The number of carbonyl (C=O) groups is 1. The Hall–Kier alpha value is -1.24. The topological polar surface area (TPSA) is 94.5 Å². The second-order valence-electron chi connectivity index (χ2n) is 2.96. The third kappa shape index (κ3) is 2.85. The summed E-state index contributed by atoms with van der Waals surface area (Å²) in [5.41, 5.74) is -1.95. The Morgan fingerprint density at radius 1 is 1.27 bits per heavy atom. The molecule has 2 unspecified atom stereocenters. The quantitative estimate of drug-likeness (QED) is 0.571. The van der Waals surface area contributed by atoms with Crippen molar-refractivity contribution < 1.29 is 22.9 Å². The molecule has 0 amide bonds. The number of hydrogen-bond acceptors (Lipinski definition) is 5. The Morgan fingerprint density at radius 3 is 2.20 bits per heavy atom. The van der Waals surface area contributed by atoms with Crippen LogP contribution in [0.3, 0.4) is 0 Å². The Balaban J connectivity index is 3.06. The Labute approximate surface area is 87.1 Å². The SMILES string of the molecule is O=CC(c1ccccc1)C(O)S(=O)(=O)[O-]. The molecular formula is C9H9O5S-. The van der Waals surface area contributed by atoms with Crippen LogP contribution in [0.1, 0.15) is 11.5 Å². The van der Waals surface area contributed by atoms with E-state index in [1.165, 1.54) is 12.1 Å². The van der Waals surface area contributed by atoms with Gasteiger partial charge in [-0.25, -0.2) is 8.42 Å². The predicted molar refractivity (Wildman–Crippen MR) is 51.0 cm³/mol. The molecule has 0 fully saturated rings. The smallest absolute Gasteiger partial charge is 0.156 e. The molecule has 1 aromatic rings. The molecule has 0 bridgehead atoms. The third-order valence-corrected chi connectivity index (χ3v) is 2.82. The van der Waals surface area contributed by atoms with E-state index in [-0.39, 0.29) is 6.29 Å². The van der Waals surface area contributed by atoms with Gasteiger partial charge < -0.3 is 14.5 Å². The maximum atomic E-state index is 10.6. The minimum atomic E-state index is -4.89. The van der Waals surface area contributed by atoms with Crippen molar-refractivity contribution >= 4 is 16.4 Å². The summed E-state index contributed by atoms with van der Waals surface area (Å²) in [7, 11) is -4.89. The molecule has 15 heavy (non-hydrogen) atoms. The van der Waals surface area contributed by atoms with Crippen molar-refractivity contribution in [3.05, 3.63) is 35.9 Å². The Morgan fingerprint density at radius 2 is 1.80 bits per heavy atom. The molecule has 0 heterocycles. The van der Waals surface area contributed by atoms with Gasteiger partial charge >= 0.3 is 0 Å². The third-order valence-electron chi connectivity index (χ3n) is 1.93. The maximum Gasteiger partial charge on any atom is 0.156 e. The van der Waals surface area contributed by atoms with Crippen molar-refractivity contribution in [3.8, 4) is 0 Å². The van der Waals surface area contributed by atoms with Gasteiger partial charge in [0.1, 0.15) is 16.4 Å². The lowest BCUT2D eigenvalue weighted by atomic mass is 10.0. The van der Waals surface area contributed by atoms with Crippen LogP contribution in [0, 0.1) is 0 Å². The van der Waals surface area contributed by atoms with Crippen molar-refractivity contribution in [1.29, 1.82) is 0 Å². The summed E-state index contributed by atoms with van der Waals surface area (Å²) in [6.45, 7) is 0. The molecule has 0 saturated heterocycles.